The third-order valence-corrected chi connectivity index (χ3v) is 5.21. The van der Waals surface area contributed by atoms with Gasteiger partial charge in [-0.2, -0.15) is 0 Å². The van der Waals surface area contributed by atoms with Gasteiger partial charge in [0.1, 0.15) is 0 Å². The summed E-state index contributed by atoms with van der Waals surface area (Å²) in [5.41, 5.74) is 6.61. The van der Waals surface area contributed by atoms with E-state index in [1.165, 1.54) is 12.8 Å². The Balaban J connectivity index is 2.02. The largest absolute Gasteiger partial charge is 0.342 e. The molecule has 0 radical (unpaired) electrons. The first-order valence-electron chi connectivity index (χ1n) is 7.95. The molecule has 2 rings (SSSR count). The lowest BCUT2D eigenvalue weighted by molar-refractivity contribution is -0.139. The monoisotopic (exact) mass is 266 g/mol. The van der Waals surface area contributed by atoms with Crippen molar-refractivity contribution in [3.05, 3.63) is 0 Å². The molecule has 1 aliphatic carbocycles. The quantitative estimate of drug-likeness (QED) is 0.793. The van der Waals surface area contributed by atoms with Crippen molar-refractivity contribution >= 4 is 5.91 Å². The molecular formula is C16H30N2O. The molecule has 3 unspecified atom stereocenters. The van der Waals surface area contributed by atoms with Gasteiger partial charge in [0.25, 0.3) is 0 Å². The Morgan fingerprint density at radius 2 is 1.89 bits per heavy atom. The first-order chi connectivity index (χ1) is 8.91. The highest BCUT2D eigenvalue weighted by molar-refractivity contribution is 5.80. The van der Waals surface area contributed by atoms with E-state index >= 15 is 0 Å². The molecule has 19 heavy (non-hydrogen) atoms. The lowest BCUT2D eigenvalue weighted by Crippen LogP contribution is -2.49. The van der Waals surface area contributed by atoms with Gasteiger partial charge >= 0.3 is 0 Å². The highest BCUT2D eigenvalue weighted by atomic mass is 16.2. The molecule has 1 saturated heterocycles. The number of carbonyl (C=O) groups excluding carboxylic acids is 1. The number of likely N-dealkylation sites (tertiary alicyclic amines) is 1. The average molecular weight is 266 g/mol. The van der Waals surface area contributed by atoms with Gasteiger partial charge in [-0.25, -0.2) is 0 Å². The van der Waals surface area contributed by atoms with Crippen molar-refractivity contribution in [1.29, 1.82) is 0 Å². The fourth-order valence-electron chi connectivity index (χ4n) is 3.74. The highest BCUT2D eigenvalue weighted by Gasteiger charge is 2.37. The minimum Gasteiger partial charge on any atom is -0.342 e. The van der Waals surface area contributed by atoms with E-state index in [1.807, 2.05) is 0 Å². The summed E-state index contributed by atoms with van der Waals surface area (Å²) < 4.78 is 0. The zero-order valence-electron chi connectivity index (χ0n) is 12.8. The molecule has 0 aromatic rings. The molecule has 0 spiro atoms. The molecule has 0 aromatic heterocycles. The molecular weight excluding hydrogens is 236 g/mol. The van der Waals surface area contributed by atoms with Gasteiger partial charge in [-0.3, -0.25) is 4.79 Å². The normalized spacial score (nSPS) is 35.8. The van der Waals surface area contributed by atoms with Crippen LogP contribution in [0, 0.1) is 17.3 Å². The zero-order chi connectivity index (χ0) is 14.0. The molecule has 2 N–H and O–H groups in total. The Morgan fingerprint density at radius 1 is 1.16 bits per heavy atom. The van der Waals surface area contributed by atoms with Crippen molar-refractivity contribution in [3.63, 3.8) is 0 Å². The number of hydrogen-bond acceptors (Lipinski definition) is 2. The third-order valence-electron chi connectivity index (χ3n) is 5.21. The second-order valence-electron chi connectivity index (χ2n) is 7.44. The summed E-state index contributed by atoms with van der Waals surface area (Å²) >= 11 is 0. The molecule has 1 amide bonds. The van der Waals surface area contributed by atoms with Gasteiger partial charge in [-0.1, -0.05) is 27.2 Å². The summed E-state index contributed by atoms with van der Waals surface area (Å²) in [6, 6.07) is 0.0764. The lowest BCUT2D eigenvalue weighted by Gasteiger charge is -2.36. The number of carbonyl (C=O) groups is 1. The number of rotatable bonds is 1. The molecule has 1 saturated carbocycles. The van der Waals surface area contributed by atoms with Crippen molar-refractivity contribution in [2.75, 3.05) is 13.1 Å². The zero-order valence-corrected chi connectivity index (χ0v) is 12.8. The third kappa shape index (κ3) is 3.50. The summed E-state index contributed by atoms with van der Waals surface area (Å²) in [6.07, 6.45) is 6.83. The van der Waals surface area contributed by atoms with Gasteiger partial charge in [-0.05, 0) is 43.4 Å². The van der Waals surface area contributed by atoms with E-state index < -0.39 is 0 Å². The second-order valence-corrected chi connectivity index (χ2v) is 7.44. The number of nitrogens with two attached hydrogens (primary N) is 1. The molecule has 0 bridgehead atoms. The van der Waals surface area contributed by atoms with Crippen LogP contribution in [-0.2, 0) is 4.79 Å². The molecule has 2 aliphatic rings. The predicted octanol–water partition coefficient (Wildman–Crippen LogP) is 2.79. The Hall–Kier alpha value is -0.570. The summed E-state index contributed by atoms with van der Waals surface area (Å²) in [6.45, 7) is 8.68. The molecule has 2 fully saturated rings. The molecule has 1 aliphatic heterocycles. The van der Waals surface area contributed by atoms with Crippen LogP contribution in [-0.4, -0.2) is 29.9 Å². The van der Waals surface area contributed by atoms with Crippen LogP contribution in [0.5, 0.6) is 0 Å². The van der Waals surface area contributed by atoms with Gasteiger partial charge in [0.15, 0.2) is 0 Å². The molecule has 0 aromatic carbocycles. The van der Waals surface area contributed by atoms with Crippen LogP contribution in [0.1, 0.15) is 59.3 Å². The molecule has 3 nitrogen and oxygen atoms in total. The average Bonchev–Trinajstić information content (AvgIpc) is 2.50. The maximum Gasteiger partial charge on any atom is 0.227 e. The van der Waals surface area contributed by atoms with Crippen LogP contribution in [0.15, 0.2) is 0 Å². The maximum atomic E-state index is 12.8. The van der Waals surface area contributed by atoms with Crippen molar-refractivity contribution in [2.24, 2.45) is 23.0 Å². The summed E-state index contributed by atoms with van der Waals surface area (Å²) in [5, 5.41) is 0. The van der Waals surface area contributed by atoms with Crippen molar-refractivity contribution in [2.45, 2.75) is 65.3 Å². The van der Waals surface area contributed by atoms with E-state index in [1.54, 1.807) is 0 Å². The SMILES string of the molecule is CC1CCCC(N)C1C(=O)N1CCCC(C)(C)CC1. The van der Waals surface area contributed by atoms with E-state index in [9.17, 15) is 4.79 Å². The van der Waals surface area contributed by atoms with Gasteiger partial charge in [0.2, 0.25) is 5.91 Å². The van der Waals surface area contributed by atoms with Gasteiger partial charge in [0.05, 0.1) is 5.92 Å². The van der Waals surface area contributed by atoms with Crippen molar-refractivity contribution < 1.29 is 4.79 Å². The lowest BCUT2D eigenvalue weighted by atomic mass is 9.76. The van der Waals surface area contributed by atoms with Crippen LogP contribution < -0.4 is 5.73 Å². The van der Waals surface area contributed by atoms with E-state index in [0.717, 1.165) is 38.8 Å². The Labute approximate surface area is 117 Å². The Bertz CT molecular complexity index is 317. The Kier molecular flexibility index (Phi) is 4.54. The highest BCUT2D eigenvalue weighted by Crippen LogP contribution is 2.33. The predicted molar refractivity (Wildman–Crippen MR) is 78.7 cm³/mol. The van der Waals surface area contributed by atoms with Crippen LogP contribution in [0.2, 0.25) is 0 Å². The number of nitrogens with zero attached hydrogens (tertiary/aromatic N) is 1. The fourth-order valence-corrected chi connectivity index (χ4v) is 3.74. The number of hydrogen-bond donors (Lipinski definition) is 1. The first kappa shape index (κ1) is 14.8. The topological polar surface area (TPSA) is 46.3 Å². The maximum absolute atomic E-state index is 12.8. The minimum absolute atomic E-state index is 0.0648. The van der Waals surface area contributed by atoms with E-state index in [-0.39, 0.29) is 12.0 Å². The number of amides is 1. The second kappa shape index (κ2) is 5.82. The van der Waals surface area contributed by atoms with Gasteiger partial charge < -0.3 is 10.6 Å². The van der Waals surface area contributed by atoms with Crippen LogP contribution in [0.4, 0.5) is 0 Å². The van der Waals surface area contributed by atoms with Crippen molar-refractivity contribution in [3.8, 4) is 0 Å². The van der Waals surface area contributed by atoms with Gasteiger partial charge in [0, 0.05) is 19.1 Å². The molecule has 1 heterocycles. The Morgan fingerprint density at radius 3 is 2.58 bits per heavy atom. The van der Waals surface area contributed by atoms with Crippen LogP contribution in [0.25, 0.3) is 0 Å². The van der Waals surface area contributed by atoms with Crippen LogP contribution in [0.3, 0.4) is 0 Å². The molecule has 110 valence electrons. The smallest absolute Gasteiger partial charge is 0.227 e. The first-order valence-corrected chi connectivity index (χ1v) is 7.95. The molecule has 3 atom stereocenters. The van der Waals surface area contributed by atoms with E-state index in [0.29, 0.717) is 17.2 Å². The molecule has 3 heteroatoms. The fraction of sp³-hybridized carbons (Fsp3) is 0.938. The van der Waals surface area contributed by atoms with Crippen LogP contribution >= 0.6 is 0 Å². The summed E-state index contributed by atoms with van der Waals surface area (Å²) in [5.74, 6) is 0.847. The standard InChI is InChI=1S/C16H30N2O/c1-12-6-4-7-13(17)14(12)15(19)18-10-5-8-16(2,3)9-11-18/h12-14H,4-11,17H2,1-3H3. The summed E-state index contributed by atoms with van der Waals surface area (Å²) in [7, 11) is 0. The van der Waals surface area contributed by atoms with E-state index in [2.05, 4.69) is 25.7 Å². The minimum atomic E-state index is 0.0648. The van der Waals surface area contributed by atoms with Gasteiger partial charge in [-0.15, -0.1) is 0 Å². The van der Waals surface area contributed by atoms with Crippen molar-refractivity contribution in [1.82, 2.24) is 4.90 Å². The summed E-state index contributed by atoms with van der Waals surface area (Å²) in [4.78, 5) is 14.9. The van der Waals surface area contributed by atoms with E-state index in [4.69, 9.17) is 5.73 Å².